The molecule has 0 aromatic heterocycles. The van der Waals surface area contributed by atoms with E-state index in [1.165, 1.54) is 18.6 Å². The van der Waals surface area contributed by atoms with Gasteiger partial charge in [0.15, 0.2) is 5.96 Å². The van der Waals surface area contributed by atoms with Crippen molar-refractivity contribution >= 4 is 53.5 Å². The molecule has 0 saturated carbocycles. The molecule has 1 saturated heterocycles. The second-order valence-corrected chi connectivity index (χ2v) is 8.84. The summed E-state index contributed by atoms with van der Waals surface area (Å²) in [6, 6.07) is 0. The Kier molecular flexibility index (Phi) is 9.20. The Hall–Kier alpha value is 0.700. The first-order valence-corrected chi connectivity index (χ1v) is 8.75. The monoisotopic (exact) mass is 417 g/mol. The molecule has 3 nitrogen and oxygen atoms in total. The molecule has 0 aromatic rings. The third-order valence-electron chi connectivity index (χ3n) is 3.39. The van der Waals surface area contributed by atoms with Gasteiger partial charge in [0.2, 0.25) is 0 Å². The van der Waals surface area contributed by atoms with E-state index in [1.807, 2.05) is 18.8 Å². The smallest absolute Gasteiger partial charge is 0.191 e. The van der Waals surface area contributed by atoms with E-state index in [0.717, 1.165) is 19.0 Å². The van der Waals surface area contributed by atoms with Gasteiger partial charge in [-0.1, -0.05) is 0 Å². The number of halogens is 1. The number of nitrogens with one attached hydrogen (secondary N) is 2. The first-order valence-electron chi connectivity index (χ1n) is 6.54. The van der Waals surface area contributed by atoms with Crippen LogP contribution in [-0.2, 0) is 0 Å². The van der Waals surface area contributed by atoms with Crippen LogP contribution in [-0.4, -0.2) is 47.6 Å². The minimum Gasteiger partial charge on any atom is -0.355 e. The third-order valence-corrected chi connectivity index (χ3v) is 6.18. The highest BCUT2D eigenvalue weighted by Gasteiger charge is 2.29. The van der Waals surface area contributed by atoms with Crippen LogP contribution < -0.4 is 10.6 Å². The van der Waals surface area contributed by atoms with Gasteiger partial charge in [0, 0.05) is 29.6 Å². The molecule has 0 spiro atoms. The number of hydrogen-bond donors (Lipinski definition) is 2. The number of thioether (sulfide) groups is 2. The van der Waals surface area contributed by atoms with E-state index in [-0.39, 0.29) is 28.7 Å². The van der Waals surface area contributed by atoms with Gasteiger partial charge in [0.1, 0.15) is 0 Å². The van der Waals surface area contributed by atoms with Crippen molar-refractivity contribution in [3.05, 3.63) is 0 Å². The van der Waals surface area contributed by atoms with Crippen molar-refractivity contribution in [1.82, 2.24) is 10.6 Å². The van der Waals surface area contributed by atoms with Crippen LogP contribution in [0.25, 0.3) is 0 Å². The lowest BCUT2D eigenvalue weighted by Crippen LogP contribution is -2.46. The zero-order chi connectivity index (χ0) is 13.6. The molecule has 0 amide bonds. The van der Waals surface area contributed by atoms with E-state index in [9.17, 15) is 0 Å². The minimum absolute atomic E-state index is 0. The number of hydrogen-bond acceptors (Lipinski definition) is 3. The normalized spacial score (nSPS) is 23.9. The average Bonchev–Trinajstić information content (AvgIpc) is 2.77. The lowest BCUT2D eigenvalue weighted by Gasteiger charge is -2.27. The van der Waals surface area contributed by atoms with Crippen molar-refractivity contribution in [3.8, 4) is 0 Å². The van der Waals surface area contributed by atoms with Gasteiger partial charge in [-0.2, -0.15) is 23.5 Å². The second-order valence-electron chi connectivity index (χ2n) is 5.65. The van der Waals surface area contributed by atoms with Crippen LogP contribution in [0.4, 0.5) is 0 Å². The van der Waals surface area contributed by atoms with E-state index in [4.69, 9.17) is 0 Å². The van der Waals surface area contributed by atoms with Crippen LogP contribution in [0.3, 0.4) is 0 Å². The van der Waals surface area contributed by atoms with E-state index < -0.39 is 0 Å². The first kappa shape index (κ1) is 19.7. The SMILES string of the molecule is CN=C(NCC(C)(C)SC)NCC1(C)CCCS1.I. The van der Waals surface area contributed by atoms with Crippen molar-refractivity contribution in [2.75, 3.05) is 32.1 Å². The Morgan fingerprint density at radius 1 is 1.42 bits per heavy atom. The summed E-state index contributed by atoms with van der Waals surface area (Å²) in [6.45, 7) is 8.75. The molecule has 1 aliphatic heterocycles. The highest BCUT2D eigenvalue weighted by molar-refractivity contribution is 14.0. The molecular weight excluding hydrogens is 389 g/mol. The van der Waals surface area contributed by atoms with Gasteiger partial charge >= 0.3 is 0 Å². The first-order chi connectivity index (χ1) is 8.41. The summed E-state index contributed by atoms with van der Waals surface area (Å²) in [5.74, 6) is 2.22. The average molecular weight is 417 g/mol. The molecule has 1 rings (SSSR count). The highest BCUT2D eigenvalue weighted by atomic mass is 127. The lowest BCUT2D eigenvalue weighted by molar-refractivity contribution is 0.580. The second kappa shape index (κ2) is 8.87. The van der Waals surface area contributed by atoms with E-state index in [2.05, 4.69) is 54.4 Å². The molecule has 6 heteroatoms. The standard InChI is InChI=1S/C13H27N3S2.HI/c1-12(2,17-5)9-15-11(14-4)16-10-13(3)7-6-8-18-13;/h6-10H2,1-5H3,(H2,14,15,16);1H. The van der Waals surface area contributed by atoms with Crippen LogP contribution in [0, 0.1) is 0 Å². The zero-order valence-electron chi connectivity index (χ0n) is 12.7. The van der Waals surface area contributed by atoms with Crippen LogP contribution in [0.5, 0.6) is 0 Å². The predicted molar refractivity (Wildman–Crippen MR) is 102 cm³/mol. The fraction of sp³-hybridized carbons (Fsp3) is 0.923. The molecular formula is C13H28IN3S2. The number of rotatable bonds is 5. The van der Waals surface area contributed by atoms with Crippen molar-refractivity contribution in [2.45, 2.75) is 43.1 Å². The fourth-order valence-electron chi connectivity index (χ4n) is 1.84. The molecule has 0 aromatic carbocycles. The number of guanidine groups is 1. The summed E-state index contributed by atoms with van der Waals surface area (Å²) >= 11 is 3.95. The largest absolute Gasteiger partial charge is 0.355 e. The quantitative estimate of drug-likeness (QED) is 0.409. The van der Waals surface area contributed by atoms with Crippen molar-refractivity contribution in [2.24, 2.45) is 4.99 Å². The molecule has 0 bridgehead atoms. The Morgan fingerprint density at radius 2 is 2.11 bits per heavy atom. The van der Waals surface area contributed by atoms with Crippen molar-refractivity contribution in [3.63, 3.8) is 0 Å². The molecule has 114 valence electrons. The summed E-state index contributed by atoms with van der Waals surface area (Å²) in [4.78, 5) is 4.29. The summed E-state index contributed by atoms with van der Waals surface area (Å²) in [5, 5.41) is 6.87. The predicted octanol–water partition coefficient (Wildman–Crippen LogP) is 3.20. The van der Waals surface area contributed by atoms with Gasteiger partial charge in [0.25, 0.3) is 0 Å². The van der Waals surface area contributed by atoms with Gasteiger partial charge in [-0.3, -0.25) is 4.99 Å². The van der Waals surface area contributed by atoms with E-state index in [1.54, 1.807) is 0 Å². The topological polar surface area (TPSA) is 36.4 Å². The molecule has 0 aliphatic carbocycles. The number of nitrogens with zero attached hydrogens (tertiary/aromatic N) is 1. The fourth-order valence-corrected chi connectivity index (χ4v) is 3.30. The summed E-state index contributed by atoms with van der Waals surface area (Å²) in [7, 11) is 1.84. The van der Waals surface area contributed by atoms with Gasteiger partial charge in [-0.15, -0.1) is 24.0 Å². The maximum absolute atomic E-state index is 4.29. The van der Waals surface area contributed by atoms with E-state index >= 15 is 0 Å². The zero-order valence-corrected chi connectivity index (χ0v) is 16.7. The van der Waals surface area contributed by atoms with Crippen molar-refractivity contribution < 1.29 is 0 Å². The molecule has 1 fully saturated rings. The number of aliphatic imine (C=N–C) groups is 1. The van der Waals surface area contributed by atoms with Crippen LogP contribution in [0.15, 0.2) is 4.99 Å². The van der Waals surface area contributed by atoms with Crippen LogP contribution in [0.2, 0.25) is 0 Å². The van der Waals surface area contributed by atoms with Gasteiger partial charge < -0.3 is 10.6 Å². The maximum atomic E-state index is 4.29. The summed E-state index contributed by atoms with van der Waals surface area (Å²) in [5.41, 5.74) is 0. The van der Waals surface area contributed by atoms with Crippen LogP contribution in [0.1, 0.15) is 33.6 Å². The summed E-state index contributed by atoms with van der Waals surface area (Å²) < 4.78 is 0.621. The Labute approximate surface area is 143 Å². The van der Waals surface area contributed by atoms with E-state index in [0.29, 0.717) is 4.75 Å². The van der Waals surface area contributed by atoms with Gasteiger partial charge in [0.05, 0.1) is 0 Å². The lowest BCUT2D eigenvalue weighted by atomic mass is 10.1. The molecule has 1 aliphatic rings. The Balaban J connectivity index is 0.00000324. The third kappa shape index (κ3) is 7.32. The van der Waals surface area contributed by atoms with Gasteiger partial charge in [-0.25, -0.2) is 0 Å². The van der Waals surface area contributed by atoms with Crippen LogP contribution >= 0.6 is 47.5 Å². The Bertz CT molecular complexity index is 290. The highest BCUT2D eigenvalue weighted by Crippen LogP contribution is 2.36. The molecule has 2 N–H and O–H groups in total. The van der Waals surface area contributed by atoms with Gasteiger partial charge in [-0.05, 0) is 45.6 Å². The minimum atomic E-state index is 0. The summed E-state index contributed by atoms with van der Waals surface area (Å²) in [6.07, 6.45) is 4.79. The molecule has 1 heterocycles. The molecule has 0 radical (unpaired) electrons. The molecule has 1 unspecified atom stereocenters. The molecule has 1 atom stereocenters. The Morgan fingerprint density at radius 3 is 2.58 bits per heavy atom. The molecule has 19 heavy (non-hydrogen) atoms. The van der Waals surface area contributed by atoms with Crippen molar-refractivity contribution in [1.29, 1.82) is 0 Å². The maximum Gasteiger partial charge on any atom is 0.191 e.